The van der Waals surface area contributed by atoms with Gasteiger partial charge in [-0.2, -0.15) is 0 Å². The van der Waals surface area contributed by atoms with Crippen molar-refractivity contribution in [2.24, 2.45) is 5.92 Å². The van der Waals surface area contributed by atoms with E-state index in [1.807, 2.05) is 11.3 Å². The van der Waals surface area contributed by atoms with E-state index in [2.05, 4.69) is 39.1 Å². The normalized spacial score (nSPS) is 32.0. The van der Waals surface area contributed by atoms with E-state index in [9.17, 15) is 0 Å². The molecule has 1 aromatic heterocycles. The summed E-state index contributed by atoms with van der Waals surface area (Å²) in [7, 11) is 0. The Morgan fingerprint density at radius 1 is 1.47 bits per heavy atom. The summed E-state index contributed by atoms with van der Waals surface area (Å²) in [5.41, 5.74) is 0. The molecule has 0 spiro atoms. The predicted octanol–water partition coefficient (Wildman–Crippen LogP) is 3.00. The zero-order valence-corrected chi connectivity index (χ0v) is 12.6. The van der Waals surface area contributed by atoms with Gasteiger partial charge in [-0.3, -0.25) is 0 Å². The molecule has 1 aromatic rings. The minimum atomic E-state index is 0.721. The van der Waals surface area contributed by atoms with Crippen LogP contribution in [0.25, 0.3) is 0 Å². The van der Waals surface area contributed by atoms with Crippen molar-refractivity contribution in [1.29, 1.82) is 0 Å². The van der Waals surface area contributed by atoms with Crippen LogP contribution in [0.4, 0.5) is 0 Å². The van der Waals surface area contributed by atoms with Crippen molar-refractivity contribution in [3.63, 3.8) is 0 Å². The Kier molecular flexibility index (Phi) is 3.57. The summed E-state index contributed by atoms with van der Waals surface area (Å²) >= 11 is 5.49. The van der Waals surface area contributed by atoms with E-state index in [4.69, 9.17) is 0 Å². The van der Waals surface area contributed by atoms with Crippen LogP contribution in [0.5, 0.6) is 0 Å². The van der Waals surface area contributed by atoms with Crippen LogP contribution in [0, 0.1) is 12.8 Å². The van der Waals surface area contributed by atoms with E-state index in [-0.39, 0.29) is 0 Å². The fourth-order valence-electron chi connectivity index (χ4n) is 3.03. The molecule has 3 aliphatic rings. The molecule has 2 nitrogen and oxygen atoms in total. The van der Waals surface area contributed by atoms with Crippen LogP contribution >= 0.6 is 27.3 Å². The van der Waals surface area contributed by atoms with Gasteiger partial charge in [-0.25, -0.2) is 0 Å². The van der Waals surface area contributed by atoms with Crippen LogP contribution in [0.1, 0.15) is 22.6 Å². The van der Waals surface area contributed by atoms with Crippen LogP contribution in [0.2, 0.25) is 0 Å². The van der Waals surface area contributed by atoms with Crippen LogP contribution in [-0.2, 0) is 6.54 Å². The fourth-order valence-corrected chi connectivity index (χ4v) is 4.59. The highest BCUT2D eigenvalue weighted by Gasteiger charge is 2.33. The first-order valence-electron chi connectivity index (χ1n) is 6.43. The van der Waals surface area contributed by atoms with Crippen molar-refractivity contribution in [2.75, 3.05) is 19.6 Å². The molecule has 3 aliphatic heterocycles. The third-order valence-corrected chi connectivity index (χ3v) is 6.24. The van der Waals surface area contributed by atoms with Crippen molar-refractivity contribution in [3.05, 3.63) is 20.3 Å². The maximum atomic E-state index is 3.76. The van der Waals surface area contributed by atoms with E-state index in [1.165, 1.54) is 46.7 Å². The quantitative estimate of drug-likeness (QED) is 0.922. The highest BCUT2D eigenvalue weighted by molar-refractivity contribution is 9.10. The number of aryl methyl sites for hydroxylation is 1. The van der Waals surface area contributed by atoms with E-state index in [0.717, 1.165) is 18.5 Å². The van der Waals surface area contributed by atoms with E-state index in [1.54, 1.807) is 0 Å². The molecule has 1 atom stereocenters. The molecule has 3 saturated heterocycles. The minimum Gasteiger partial charge on any atom is -0.308 e. The van der Waals surface area contributed by atoms with Crippen LogP contribution in [-0.4, -0.2) is 30.6 Å². The second-order valence-corrected chi connectivity index (χ2v) is 7.44. The number of rotatable bonds is 3. The van der Waals surface area contributed by atoms with E-state index < -0.39 is 0 Å². The number of nitrogens with zero attached hydrogens (tertiary/aromatic N) is 1. The molecule has 0 amide bonds. The summed E-state index contributed by atoms with van der Waals surface area (Å²) in [4.78, 5) is 5.44. The maximum Gasteiger partial charge on any atom is 0.0314 e. The molecule has 0 saturated carbocycles. The molecule has 1 N–H and O–H groups in total. The van der Waals surface area contributed by atoms with Crippen LogP contribution in [0.15, 0.2) is 10.5 Å². The monoisotopic (exact) mass is 314 g/mol. The van der Waals surface area contributed by atoms with E-state index >= 15 is 0 Å². The zero-order chi connectivity index (χ0) is 11.8. The molecule has 0 aliphatic carbocycles. The van der Waals surface area contributed by atoms with Gasteiger partial charge in [0.05, 0.1) is 0 Å². The lowest BCUT2D eigenvalue weighted by Crippen LogP contribution is -2.55. The van der Waals surface area contributed by atoms with Crippen LogP contribution < -0.4 is 5.32 Å². The summed E-state index contributed by atoms with van der Waals surface area (Å²) in [6, 6.07) is 2.98. The van der Waals surface area contributed by atoms with Gasteiger partial charge in [0.25, 0.3) is 0 Å². The summed E-state index contributed by atoms with van der Waals surface area (Å²) in [5.74, 6) is 0.921. The Morgan fingerprint density at radius 2 is 2.24 bits per heavy atom. The van der Waals surface area contributed by atoms with Gasteiger partial charge in [0.15, 0.2) is 0 Å². The number of thiophene rings is 1. The Labute approximate surface area is 116 Å². The number of fused-ring (bicyclic) bond motifs is 3. The van der Waals surface area contributed by atoms with Gasteiger partial charge in [-0.1, -0.05) is 0 Å². The lowest BCUT2D eigenvalue weighted by molar-refractivity contribution is 0.0721. The largest absolute Gasteiger partial charge is 0.308 e. The van der Waals surface area contributed by atoms with Crippen molar-refractivity contribution < 1.29 is 0 Å². The van der Waals surface area contributed by atoms with E-state index in [0.29, 0.717) is 0 Å². The molecule has 3 fully saturated rings. The van der Waals surface area contributed by atoms with Crippen molar-refractivity contribution in [1.82, 2.24) is 10.2 Å². The molecule has 2 bridgehead atoms. The van der Waals surface area contributed by atoms with Gasteiger partial charge in [-0.15, -0.1) is 11.3 Å². The summed E-state index contributed by atoms with van der Waals surface area (Å²) in [6.45, 7) is 7.12. The number of hydrogen-bond acceptors (Lipinski definition) is 3. The van der Waals surface area contributed by atoms with Gasteiger partial charge in [0.1, 0.15) is 0 Å². The standard InChI is InChI=1S/C13H19BrN2S/c1-9-12(14)6-11(17-9)7-15-13-8-16-4-2-10(13)3-5-16/h6,10,13,15H,2-5,7-8H2,1H3. The van der Waals surface area contributed by atoms with Crippen LogP contribution in [0.3, 0.4) is 0 Å². The molecule has 4 heteroatoms. The Hall–Kier alpha value is 0.100. The smallest absolute Gasteiger partial charge is 0.0314 e. The number of piperidine rings is 3. The highest BCUT2D eigenvalue weighted by Crippen LogP contribution is 2.29. The summed E-state index contributed by atoms with van der Waals surface area (Å²) in [5, 5.41) is 3.76. The van der Waals surface area contributed by atoms with Gasteiger partial charge in [0, 0.05) is 33.4 Å². The molecule has 0 radical (unpaired) electrons. The lowest BCUT2D eigenvalue weighted by atomic mass is 9.84. The van der Waals surface area contributed by atoms with Gasteiger partial charge < -0.3 is 10.2 Å². The van der Waals surface area contributed by atoms with Gasteiger partial charge >= 0.3 is 0 Å². The number of hydrogen-bond donors (Lipinski definition) is 1. The summed E-state index contributed by atoms with van der Waals surface area (Å²) < 4.78 is 1.26. The number of nitrogens with one attached hydrogen (secondary N) is 1. The highest BCUT2D eigenvalue weighted by atomic mass is 79.9. The third kappa shape index (κ3) is 2.60. The molecule has 4 heterocycles. The Morgan fingerprint density at radius 3 is 2.76 bits per heavy atom. The predicted molar refractivity (Wildman–Crippen MR) is 76.5 cm³/mol. The third-order valence-electron chi connectivity index (χ3n) is 4.10. The first-order valence-corrected chi connectivity index (χ1v) is 8.04. The molecular weight excluding hydrogens is 296 g/mol. The molecule has 17 heavy (non-hydrogen) atoms. The molecular formula is C13H19BrN2S. The maximum absolute atomic E-state index is 3.76. The molecule has 1 unspecified atom stereocenters. The SMILES string of the molecule is Cc1sc(CNC2CN3CCC2CC3)cc1Br. The zero-order valence-electron chi connectivity index (χ0n) is 10.2. The first-order chi connectivity index (χ1) is 8.22. The average molecular weight is 315 g/mol. The second-order valence-electron chi connectivity index (χ2n) is 5.24. The number of halogens is 1. The summed E-state index contributed by atoms with van der Waals surface area (Å²) in [6.07, 6.45) is 2.79. The average Bonchev–Trinajstić information content (AvgIpc) is 2.68. The fraction of sp³-hybridized carbons (Fsp3) is 0.692. The molecule has 0 aromatic carbocycles. The van der Waals surface area contributed by atoms with Crippen molar-refractivity contribution in [2.45, 2.75) is 32.4 Å². The van der Waals surface area contributed by atoms with Crippen molar-refractivity contribution >= 4 is 27.3 Å². The lowest BCUT2D eigenvalue weighted by Gasteiger charge is -2.45. The topological polar surface area (TPSA) is 15.3 Å². The van der Waals surface area contributed by atoms with Gasteiger partial charge in [0.2, 0.25) is 0 Å². The second kappa shape index (κ2) is 5.00. The van der Waals surface area contributed by atoms with Crippen molar-refractivity contribution in [3.8, 4) is 0 Å². The Bertz CT molecular complexity index is 377. The Balaban J connectivity index is 1.57. The minimum absolute atomic E-state index is 0.721. The van der Waals surface area contributed by atoms with Gasteiger partial charge in [-0.05, 0) is 60.8 Å². The molecule has 4 rings (SSSR count). The molecule has 94 valence electrons. The first kappa shape index (κ1) is 12.2.